The molecule has 1 N–H and O–H groups in total. The summed E-state index contributed by atoms with van der Waals surface area (Å²) in [6.45, 7) is 4.72. The van der Waals surface area contributed by atoms with Crippen LogP contribution in [0.3, 0.4) is 0 Å². The first-order valence-corrected chi connectivity index (χ1v) is 6.58. The number of aryl methyl sites for hydroxylation is 1. The fourth-order valence-corrected chi connectivity index (χ4v) is 1.54. The number of alkyl halides is 1. The van der Waals surface area contributed by atoms with Crippen molar-refractivity contribution < 1.29 is 4.79 Å². The van der Waals surface area contributed by atoms with E-state index < -0.39 is 0 Å². The highest BCUT2D eigenvalue weighted by atomic mass is 79.9. The standard InChI is InChI=1S/C13H18BrNO/c1-3-10-5-7-11(8-6-10)9-15-13(16)12(14)4-2/h5-8,12H,3-4,9H2,1-2H3,(H,15,16). The third-order valence-electron chi connectivity index (χ3n) is 2.54. The first-order chi connectivity index (χ1) is 7.67. The molecular weight excluding hydrogens is 266 g/mol. The maximum atomic E-state index is 11.5. The molecule has 0 spiro atoms. The average molecular weight is 284 g/mol. The highest BCUT2D eigenvalue weighted by Gasteiger charge is 2.10. The van der Waals surface area contributed by atoms with Gasteiger partial charge < -0.3 is 5.32 Å². The zero-order valence-corrected chi connectivity index (χ0v) is 11.4. The Labute approximate surface area is 106 Å². The SMILES string of the molecule is CCc1ccc(CNC(=O)C(Br)CC)cc1. The fourth-order valence-electron chi connectivity index (χ4n) is 1.38. The number of carbonyl (C=O) groups excluding carboxylic acids is 1. The molecule has 88 valence electrons. The molecule has 0 heterocycles. The van der Waals surface area contributed by atoms with Crippen molar-refractivity contribution in [2.45, 2.75) is 38.1 Å². The Bertz CT molecular complexity index is 334. The molecular formula is C13H18BrNO. The fraction of sp³-hybridized carbons (Fsp3) is 0.462. The van der Waals surface area contributed by atoms with E-state index in [-0.39, 0.29) is 10.7 Å². The van der Waals surface area contributed by atoms with E-state index in [9.17, 15) is 4.79 Å². The summed E-state index contributed by atoms with van der Waals surface area (Å²) < 4.78 is 0. The summed E-state index contributed by atoms with van der Waals surface area (Å²) >= 11 is 3.33. The number of hydrogen-bond donors (Lipinski definition) is 1. The van der Waals surface area contributed by atoms with Gasteiger partial charge in [-0.2, -0.15) is 0 Å². The first kappa shape index (κ1) is 13.2. The second kappa shape index (κ2) is 6.69. The topological polar surface area (TPSA) is 29.1 Å². The van der Waals surface area contributed by atoms with Gasteiger partial charge in [-0.25, -0.2) is 0 Å². The lowest BCUT2D eigenvalue weighted by molar-refractivity contribution is -0.120. The summed E-state index contributed by atoms with van der Waals surface area (Å²) in [6, 6.07) is 8.34. The van der Waals surface area contributed by atoms with E-state index in [1.165, 1.54) is 5.56 Å². The van der Waals surface area contributed by atoms with Crippen molar-refractivity contribution in [3.63, 3.8) is 0 Å². The molecule has 1 atom stereocenters. The lowest BCUT2D eigenvalue weighted by Crippen LogP contribution is -2.30. The van der Waals surface area contributed by atoms with E-state index in [1.807, 2.05) is 6.92 Å². The molecule has 0 aliphatic carbocycles. The third-order valence-corrected chi connectivity index (χ3v) is 3.60. The molecule has 0 fully saturated rings. The molecule has 1 unspecified atom stereocenters. The Morgan fingerprint density at radius 3 is 2.31 bits per heavy atom. The highest BCUT2D eigenvalue weighted by molar-refractivity contribution is 9.10. The van der Waals surface area contributed by atoms with Gasteiger partial charge >= 0.3 is 0 Å². The maximum absolute atomic E-state index is 11.5. The van der Waals surface area contributed by atoms with Gasteiger partial charge in [-0.05, 0) is 24.0 Å². The number of amides is 1. The smallest absolute Gasteiger partial charge is 0.234 e. The average Bonchev–Trinajstić information content (AvgIpc) is 2.35. The number of benzene rings is 1. The minimum Gasteiger partial charge on any atom is -0.351 e. The molecule has 1 rings (SSSR count). The second-order valence-corrected chi connectivity index (χ2v) is 4.87. The van der Waals surface area contributed by atoms with E-state index in [4.69, 9.17) is 0 Å². The predicted octanol–water partition coefficient (Wildman–Crippen LogP) is 3.04. The van der Waals surface area contributed by atoms with E-state index in [0.717, 1.165) is 18.4 Å². The zero-order valence-electron chi connectivity index (χ0n) is 9.79. The summed E-state index contributed by atoms with van der Waals surface area (Å²) in [5.41, 5.74) is 2.46. The van der Waals surface area contributed by atoms with Crippen LogP contribution in [0.25, 0.3) is 0 Å². The summed E-state index contributed by atoms with van der Waals surface area (Å²) in [5.74, 6) is 0.0575. The van der Waals surface area contributed by atoms with Crippen LogP contribution in [0, 0.1) is 0 Å². The molecule has 0 bridgehead atoms. The van der Waals surface area contributed by atoms with Gasteiger partial charge in [0.05, 0.1) is 4.83 Å². The van der Waals surface area contributed by atoms with Crippen LogP contribution in [0.2, 0.25) is 0 Å². The van der Waals surface area contributed by atoms with Crippen LogP contribution in [0.4, 0.5) is 0 Å². The minimum atomic E-state index is -0.0811. The molecule has 1 aromatic rings. The number of rotatable bonds is 5. The van der Waals surface area contributed by atoms with Crippen LogP contribution in [-0.2, 0) is 17.8 Å². The van der Waals surface area contributed by atoms with E-state index in [0.29, 0.717) is 6.54 Å². The molecule has 16 heavy (non-hydrogen) atoms. The van der Waals surface area contributed by atoms with Crippen LogP contribution in [-0.4, -0.2) is 10.7 Å². The van der Waals surface area contributed by atoms with Gasteiger partial charge in [0.1, 0.15) is 0 Å². The quantitative estimate of drug-likeness (QED) is 0.827. The Balaban J connectivity index is 2.45. The first-order valence-electron chi connectivity index (χ1n) is 5.67. The van der Waals surface area contributed by atoms with Crippen LogP contribution >= 0.6 is 15.9 Å². The van der Waals surface area contributed by atoms with Gasteiger partial charge in [0.25, 0.3) is 0 Å². The molecule has 1 amide bonds. The molecule has 3 heteroatoms. The normalized spacial score (nSPS) is 12.2. The highest BCUT2D eigenvalue weighted by Crippen LogP contribution is 2.07. The number of halogens is 1. The Kier molecular flexibility index (Phi) is 5.53. The maximum Gasteiger partial charge on any atom is 0.234 e. The summed E-state index contributed by atoms with van der Waals surface area (Å²) in [5, 5.41) is 2.90. The molecule has 0 aliphatic heterocycles. The van der Waals surface area contributed by atoms with Gasteiger partial charge in [0, 0.05) is 6.54 Å². The molecule has 0 aliphatic rings. The van der Waals surface area contributed by atoms with Gasteiger partial charge in [-0.1, -0.05) is 54.0 Å². The van der Waals surface area contributed by atoms with Crippen LogP contribution < -0.4 is 5.32 Å². The van der Waals surface area contributed by atoms with Crippen molar-refractivity contribution in [3.05, 3.63) is 35.4 Å². The molecule has 0 aromatic heterocycles. The van der Waals surface area contributed by atoms with Crippen LogP contribution in [0.5, 0.6) is 0 Å². The minimum absolute atomic E-state index is 0.0575. The molecule has 1 aromatic carbocycles. The second-order valence-electron chi connectivity index (χ2n) is 3.76. The molecule has 2 nitrogen and oxygen atoms in total. The predicted molar refractivity (Wildman–Crippen MR) is 70.7 cm³/mol. The van der Waals surface area contributed by atoms with Crippen molar-refractivity contribution in [2.24, 2.45) is 0 Å². The van der Waals surface area contributed by atoms with E-state index in [1.54, 1.807) is 0 Å². The van der Waals surface area contributed by atoms with Gasteiger partial charge in [-0.15, -0.1) is 0 Å². The van der Waals surface area contributed by atoms with Crippen molar-refractivity contribution in [1.82, 2.24) is 5.32 Å². The lowest BCUT2D eigenvalue weighted by atomic mass is 10.1. The number of carbonyl (C=O) groups is 1. The van der Waals surface area contributed by atoms with E-state index >= 15 is 0 Å². The Morgan fingerprint density at radius 1 is 1.25 bits per heavy atom. The van der Waals surface area contributed by atoms with Crippen molar-refractivity contribution >= 4 is 21.8 Å². The third kappa shape index (κ3) is 3.97. The summed E-state index contributed by atoms with van der Waals surface area (Å²) in [6.07, 6.45) is 1.85. The molecule has 0 saturated carbocycles. The monoisotopic (exact) mass is 283 g/mol. The largest absolute Gasteiger partial charge is 0.351 e. The summed E-state index contributed by atoms with van der Waals surface area (Å²) in [7, 11) is 0. The van der Waals surface area contributed by atoms with Gasteiger partial charge in [0.2, 0.25) is 5.91 Å². The summed E-state index contributed by atoms with van der Waals surface area (Å²) in [4.78, 5) is 11.4. The van der Waals surface area contributed by atoms with Crippen molar-refractivity contribution in [1.29, 1.82) is 0 Å². The van der Waals surface area contributed by atoms with E-state index in [2.05, 4.69) is 52.4 Å². The number of nitrogens with one attached hydrogen (secondary N) is 1. The zero-order chi connectivity index (χ0) is 12.0. The Hall–Kier alpha value is -0.830. The van der Waals surface area contributed by atoms with Crippen molar-refractivity contribution in [3.8, 4) is 0 Å². The van der Waals surface area contributed by atoms with Crippen molar-refractivity contribution in [2.75, 3.05) is 0 Å². The van der Waals surface area contributed by atoms with Gasteiger partial charge in [-0.3, -0.25) is 4.79 Å². The number of hydrogen-bond acceptors (Lipinski definition) is 1. The van der Waals surface area contributed by atoms with Crippen LogP contribution in [0.1, 0.15) is 31.4 Å². The molecule has 0 radical (unpaired) electrons. The van der Waals surface area contributed by atoms with Gasteiger partial charge in [0.15, 0.2) is 0 Å². The molecule has 0 saturated heterocycles. The Morgan fingerprint density at radius 2 is 1.81 bits per heavy atom. The lowest BCUT2D eigenvalue weighted by Gasteiger charge is -2.09. The van der Waals surface area contributed by atoms with Crippen LogP contribution in [0.15, 0.2) is 24.3 Å².